The van der Waals surface area contributed by atoms with Gasteiger partial charge in [0.15, 0.2) is 0 Å². The molecule has 0 aliphatic carbocycles. The summed E-state index contributed by atoms with van der Waals surface area (Å²) >= 11 is 0. The lowest BCUT2D eigenvalue weighted by atomic mass is 9.89. The van der Waals surface area contributed by atoms with E-state index in [1.807, 2.05) is 0 Å². The van der Waals surface area contributed by atoms with Crippen molar-refractivity contribution in [3.05, 3.63) is 35.5 Å². The molecular weight excluding hydrogens is 294 g/mol. The first-order valence-corrected chi connectivity index (χ1v) is 9.71. The van der Waals surface area contributed by atoms with E-state index in [1.165, 1.54) is 48.9 Å². The highest BCUT2D eigenvalue weighted by atomic mass is 15.3. The topological polar surface area (TPSA) is 11.4 Å². The first-order chi connectivity index (χ1) is 11.6. The predicted molar refractivity (Wildman–Crippen MR) is 102 cm³/mol. The zero-order chi connectivity index (χ0) is 16.8. The molecule has 4 rings (SSSR count). The molecular formula is C21H31N3. The molecule has 1 aromatic heterocycles. The van der Waals surface area contributed by atoms with E-state index in [1.54, 1.807) is 5.69 Å². The minimum Gasteiger partial charge on any atom is -0.343 e. The minimum absolute atomic E-state index is 0.558. The molecule has 1 aromatic carbocycles. The molecule has 0 saturated carbocycles. The molecule has 2 aliphatic heterocycles. The average Bonchev–Trinajstić information content (AvgIpc) is 2.88. The molecule has 1 saturated heterocycles. The lowest BCUT2D eigenvalue weighted by molar-refractivity contribution is -0.0176. The van der Waals surface area contributed by atoms with Gasteiger partial charge in [-0.3, -0.25) is 9.80 Å². The van der Waals surface area contributed by atoms with Gasteiger partial charge in [0.25, 0.3) is 0 Å². The molecule has 0 N–H and O–H groups in total. The molecule has 3 heteroatoms. The summed E-state index contributed by atoms with van der Waals surface area (Å²) < 4.78 is 2.62. The van der Waals surface area contributed by atoms with Crippen LogP contribution in [0.3, 0.4) is 0 Å². The van der Waals surface area contributed by atoms with Gasteiger partial charge in [-0.25, -0.2) is 0 Å². The van der Waals surface area contributed by atoms with Crippen LogP contribution in [-0.4, -0.2) is 46.1 Å². The van der Waals surface area contributed by atoms with E-state index < -0.39 is 0 Å². The van der Waals surface area contributed by atoms with Crippen LogP contribution < -0.4 is 0 Å². The van der Waals surface area contributed by atoms with Gasteiger partial charge in [-0.15, -0.1) is 0 Å². The van der Waals surface area contributed by atoms with Crippen molar-refractivity contribution in [3.63, 3.8) is 0 Å². The molecule has 0 spiro atoms. The molecule has 1 fully saturated rings. The molecule has 0 radical (unpaired) electrons. The van der Waals surface area contributed by atoms with E-state index in [4.69, 9.17) is 0 Å². The van der Waals surface area contributed by atoms with Crippen molar-refractivity contribution in [3.8, 4) is 0 Å². The van der Waals surface area contributed by atoms with Crippen molar-refractivity contribution in [2.75, 3.05) is 19.6 Å². The molecule has 0 bridgehead atoms. The highest BCUT2D eigenvalue weighted by Gasteiger charge is 2.42. The van der Waals surface area contributed by atoms with Gasteiger partial charge in [0, 0.05) is 48.3 Å². The van der Waals surface area contributed by atoms with Crippen LogP contribution in [0.1, 0.15) is 50.9 Å². The Kier molecular flexibility index (Phi) is 4.17. The van der Waals surface area contributed by atoms with Crippen LogP contribution in [0.25, 0.3) is 10.9 Å². The lowest BCUT2D eigenvalue weighted by Crippen LogP contribution is -2.59. The largest absolute Gasteiger partial charge is 0.343 e. The summed E-state index contributed by atoms with van der Waals surface area (Å²) in [5.41, 5.74) is 4.53. The minimum atomic E-state index is 0.558. The highest BCUT2D eigenvalue weighted by molar-refractivity contribution is 5.85. The number of hydrogen-bond donors (Lipinski definition) is 0. The maximum absolute atomic E-state index is 2.76. The molecule has 3 heterocycles. The number of para-hydroxylation sites is 1. The van der Waals surface area contributed by atoms with Gasteiger partial charge in [-0.05, 0) is 51.8 Å². The number of aromatic nitrogens is 1. The van der Waals surface area contributed by atoms with Gasteiger partial charge in [0.1, 0.15) is 0 Å². The Morgan fingerprint density at radius 1 is 1.12 bits per heavy atom. The first kappa shape index (κ1) is 16.2. The monoisotopic (exact) mass is 325 g/mol. The standard InChI is InChI=1S/C21H31N3/c1-5-11-22-13-14-23(15(2)3)19-10-12-24-18-9-7-6-8-17(18)16(4)20(24)21(19)22/h6-9,15,19,21H,5,10-14H2,1-4H3. The van der Waals surface area contributed by atoms with Crippen LogP contribution in [-0.2, 0) is 6.54 Å². The molecule has 2 unspecified atom stereocenters. The highest BCUT2D eigenvalue weighted by Crippen LogP contribution is 2.42. The third-order valence-corrected chi connectivity index (χ3v) is 6.21. The molecule has 130 valence electrons. The SMILES string of the molecule is CCCN1CCN(C(C)C)C2CCn3c(c(C)c4ccccc43)C21. The molecule has 24 heavy (non-hydrogen) atoms. The Hall–Kier alpha value is -1.32. The van der Waals surface area contributed by atoms with Crippen LogP contribution in [0.2, 0.25) is 0 Å². The van der Waals surface area contributed by atoms with Gasteiger partial charge in [-0.1, -0.05) is 25.1 Å². The van der Waals surface area contributed by atoms with Crippen molar-refractivity contribution in [2.24, 2.45) is 0 Å². The maximum Gasteiger partial charge on any atom is 0.0662 e. The fourth-order valence-electron chi connectivity index (χ4n) is 5.21. The summed E-state index contributed by atoms with van der Waals surface area (Å²) in [5.74, 6) is 0. The van der Waals surface area contributed by atoms with Crippen LogP contribution >= 0.6 is 0 Å². The normalized spacial score (nSPS) is 25.2. The number of aryl methyl sites for hydroxylation is 2. The number of rotatable bonds is 3. The summed E-state index contributed by atoms with van der Waals surface area (Å²) in [6.07, 6.45) is 2.51. The zero-order valence-corrected chi connectivity index (χ0v) is 15.6. The molecule has 2 atom stereocenters. The second-order valence-corrected chi connectivity index (χ2v) is 7.85. The van der Waals surface area contributed by atoms with E-state index in [0.717, 1.165) is 6.54 Å². The summed E-state index contributed by atoms with van der Waals surface area (Å²) in [5, 5.41) is 1.45. The van der Waals surface area contributed by atoms with E-state index in [0.29, 0.717) is 18.1 Å². The number of piperazine rings is 1. The maximum atomic E-state index is 2.76. The quantitative estimate of drug-likeness (QED) is 0.838. The van der Waals surface area contributed by atoms with Crippen molar-refractivity contribution >= 4 is 10.9 Å². The predicted octanol–water partition coefficient (Wildman–Crippen LogP) is 4.20. The second kappa shape index (κ2) is 6.20. The van der Waals surface area contributed by atoms with E-state index in [2.05, 4.69) is 66.3 Å². The molecule has 0 amide bonds. The van der Waals surface area contributed by atoms with Gasteiger partial charge < -0.3 is 4.57 Å². The Morgan fingerprint density at radius 2 is 1.92 bits per heavy atom. The van der Waals surface area contributed by atoms with Gasteiger partial charge in [-0.2, -0.15) is 0 Å². The fraction of sp³-hybridized carbons (Fsp3) is 0.619. The summed E-state index contributed by atoms with van der Waals surface area (Å²) in [6.45, 7) is 14.2. The van der Waals surface area contributed by atoms with Crippen LogP contribution in [0.5, 0.6) is 0 Å². The second-order valence-electron chi connectivity index (χ2n) is 7.85. The number of fused-ring (bicyclic) bond motifs is 5. The summed E-state index contributed by atoms with van der Waals surface area (Å²) in [6, 6.07) is 10.8. The van der Waals surface area contributed by atoms with E-state index in [-0.39, 0.29) is 0 Å². The van der Waals surface area contributed by atoms with E-state index >= 15 is 0 Å². The average molecular weight is 326 g/mol. The van der Waals surface area contributed by atoms with Crippen molar-refractivity contribution in [1.82, 2.24) is 14.4 Å². The van der Waals surface area contributed by atoms with Crippen LogP contribution in [0.4, 0.5) is 0 Å². The lowest BCUT2D eigenvalue weighted by Gasteiger charge is -2.52. The Balaban J connectivity index is 1.86. The Morgan fingerprint density at radius 3 is 2.67 bits per heavy atom. The third-order valence-electron chi connectivity index (χ3n) is 6.21. The van der Waals surface area contributed by atoms with Crippen molar-refractivity contribution in [1.29, 1.82) is 0 Å². The smallest absolute Gasteiger partial charge is 0.0662 e. The Labute approximate surface area is 146 Å². The summed E-state index contributed by atoms with van der Waals surface area (Å²) in [4.78, 5) is 5.53. The molecule has 2 aliphatic rings. The van der Waals surface area contributed by atoms with Gasteiger partial charge in [0.05, 0.1) is 6.04 Å². The van der Waals surface area contributed by atoms with Crippen LogP contribution in [0, 0.1) is 6.92 Å². The van der Waals surface area contributed by atoms with E-state index in [9.17, 15) is 0 Å². The molecule has 3 nitrogen and oxygen atoms in total. The van der Waals surface area contributed by atoms with Gasteiger partial charge in [0.2, 0.25) is 0 Å². The number of hydrogen-bond acceptors (Lipinski definition) is 2. The number of benzene rings is 1. The van der Waals surface area contributed by atoms with Crippen LogP contribution in [0.15, 0.2) is 24.3 Å². The van der Waals surface area contributed by atoms with Crippen molar-refractivity contribution < 1.29 is 0 Å². The fourth-order valence-corrected chi connectivity index (χ4v) is 5.21. The molecule has 2 aromatic rings. The first-order valence-electron chi connectivity index (χ1n) is 9.71. The summed E-state index contributed by atoms with van der Waals surface area (Å²) in [7, 11) is 0. The van der Waals surface area contributed by atoms with Crippen molar-refractivity contribution in [2.45, 2.75) is 65.2 Å². The zero-order valence-electron chi connectivity index (χ0n) is 15.6. The number of nitrogens with zero attached hydrogens (tertiary/aromatic N) is 3. The third kappa shape index (κ3) is 2.33. The van der Waals surface area contributed by atoms with Gasteiger partial charge >= 0.3 is 0 Å². The Bertz CT molecular complexity index is 730.